The van der Waals surface area contributed by atoms with Gasteiger partial charge in [0, 0.05) is 83.1 Å². The van der Waals surface area contributed by atoms with E-state index in [1.807, 2.05) is 36.4 Å². The van der Waals surface area contributed by atoms with Gasteiger partial charge in [-0.1, -0.05) is 303 Å². The van der Waals surface area contributed by atoms with Gasteiger partial charge < -0.3 is 13.7 Å². The first-order chi connectivity index (χ1) is 59.5. The number of rotatable bonds is 12. The third kappa shape index (κ3) is 12.6. The molecule has 0 aliphatic heterocycles. The number of benzene rings is 18. The normalized spacial score (nSPS) is 11.5. The van der Waals surface area contributed by atoms with E-state index in [9.17, 15) is 0 Å². The number of imidazole rings is 3. The fraction of sp³-hybridized carbons (Fsp3) is 0. The van der Waals surface area contributed by atoms with E-state index in [-0.39, 0.29) is 0 Å². The van der Waals surface area contributed by atoms with Crippen molar-refractivity contribution in [3.8, 4) is 102 Å². The fourth-order valence-electron chi connectivity index (χ4n) is 17.7. The van der Waals surface area contributed by atoms with Crippen molar-refractivity contribution in [1.29, 1.82) is 0 Å². The van der Waals surface area contributed by atoms with E-state index in [1.165, 1.54) is 98.9 Å². The van der Waals surface area contributed by atoms with Crippen LogP contribution in [-0.2, 0) is 0 Å². The van der Waals surface area contributed by atoms with Crippen molar-refractivity contribution < 1.29 is 0 Å². The molecule has 0 saturated carbocycles. The summed E-state index contributed by atoms with van der Waals surface area (Å²) >= 11 is 0. The van der Waals surface area contributed by atoms with Gasteiger partial charge in [-0.25, -0.2) is 15.0 Å². The van der Waals surface area contributed by atoms with E-state index < -0.39 is 0 Å². The van der Waals surface area contributed by atoms with Crippen LogP contribution in [0.1, 0.15) is 0 Å². The number of nitrogens with zero attached hydrogens (tertiary/aromatic N) is 9. The summed E-state index contributed by atoms with van der Waals surface area (Å²) in [5.41, 5.74) is 30.7. The Labute approximate surface area is 693 Å². The molecule has 120 heavy (non-hydrogen) atoms. The first kappa shape index (κ1) is 70.4. The maximum atomic E-state index is 5.09. The predicted octanol–water partition coefficient (Wildman–Crippen LogP) is 28.4. The molecule has 0 spiro atoms. The van der Waals surface area contributed by atoms with Crippen molar-refractivity contribution in [3.63, 3.8) is 0 Å². The van der Waals surface area contributed by atoms with E-state index in [0.717, 1.165) is 101 Å². The van der Waals surface area contributed by atoms with Crippen molar-refractivity contribution in [2.24, 2.45) is 0 Å². The lowest BCUT2D eigenvalue weighted by molar-refractivity contribution is 1.10. The van der Waals surface area contributed by atoms with Crippen LogP contribution in [0.15, 0.2) is 455 Å². The summed E-state index contributed by atoms with van der Waals surface area (Å²) in [6.07, 6.45) is 0. The van der Waals surface area contributed by atoms with Crippen LogP contribution in [-0.4, -0.2) is 42.4 Å². The SMILES string of the molecule is c1ccc(-n2c(-c3ccc(-c4ccc5c6ccccc6n(-c6ccccc6)c5c4)cc3)nc3ccccc32)cc1.c1ccc(-n2c(-c3ccc(-c4cccc(-n5c6ccccc6c6ccccc65)c4)cc3)nc3ccccc32)cc1.c1ccc(-n2c(-c3cccc(-c4ccc5c6ccccc6n(-c6ccccc6)c5c4)c3)nc3ccccc32)cc1. The van der Waals surface area contributed by atoms with Gasteiger partial charge in [-0.2, -0.15) is 0 Å². The topological polar surface area (TPSA) is 68.2 Å². The van der Waals surface area contributed by atoms with Gasteiger partial charge in [0.15, 0.2) is 0 Å². The average molecular weight is 1530 g/mol. The summed E-state index contributed by atoms with van der Waals surface area (Å²) in [6.45, 7) is 0. The summed E-state index contributed by atoms with van der Waals surface area (Å²) < 4.78 is 13.8. The van der Waals surface area contributed by atoms with Crippen LogP contribution < -0.4 is 0 Å². The Morgan fingerprint density at radius 3 is 0.725 bits per heavy atom. The highest BCUT2D eigenvalue weighted by Gasteiger charge is 2.22. The Kier molecular flexibility index (Phi) is 17.7. The van der Waals surface area contributed by atoms with E-state index in [4.69, 9.17) is 15.0 Å². The predicted molar refractivity (Wildman–Crippen MR) is 499 cm³/mol. The summed E-state index contributed by atoms with van der Waals surface area (Å²) in [6, 6.07) is 161. The summed E-state index contributed by atoms with van der Waals surface area (Å²) in [7, 11) is 0. The van der Waals surface area contributed by atoms with Crippen molar-refractivity contribution in [2.45, 2.75) is 0 Å². The Hall–Kier alpha value is -16.2. The minimum Gasteiger partial charge on any atom is -0.309 e. The average Bonchev–Trinajstić information content (AvgIpc) is 1.60. The summed E-state index contributed by atoms with van der Waals surface area (Å²) in [4.78, 5) is 15.1. The molecule has 0 aliphatic rings. The van der Waals surface area contributed by atoms with Gasteiger partial charge in [-0.15, -0.1) is 0 Å². The molecule has 24 rings (SSSR count). The molecular formula is C111H75N9. The zero-order valence-corrected chi connectivity index (χ0v) is 65.3. The first-order valence-electron chi connectivity index (χ1n) is 40.7. The van der Waals surface area contributed by atoms with Crippen LogP contribution in [0.2, 0.25) is 0 Å². The molecule has 0 bridgehead atoms. The van der Waals surface area contributed by atoms with Gasteiger partial charge in [0.25, 0.3) is 0 Å². The molecular weight excluding hydrogens is 1460 g/mol. The summed E-state index contributed by atoms with van der Waals surface area (Å²) in [5, 5.41) is 7.59. The monoisotopic (exact) mass is 1530 g/mol. The summed E-state index contributed by atoms with van der Waals surface area (Å²) in [5.74, 6) is 2.82. The zero-order chi connectivity index (χ0) is 79.4. The van der Waals surface area contributed by atoms with Gasteiger partial charge in [0.05, 0.1) is 66.2 Å². The van der Waals surface area contributed by atoms with Crippen LogP contribution in [0, 0.1) is 0 Å². The molecule has 0 N–H and O–H groups in total. The number of aromatic nitrogens is 9. The second kappa shape index (κ2) is 30.2. The molecule has 0 atom stereocenters. The number of hydrogen-bond donors (Lipinski definition) is 0. The third-order valence-corrected chi connectivity index (χ3v) is 23.2. The smallest absolute Gasteiger partial charge is 0.145 e. The van der Waals surface area contributed by atoms with Crippen molar-refractivity contribution in [3.05, 3.63) is 455 Å². The van der Waals surface area contributed by atoms with Gasteiger partial charge in [-0.3, -0.25) is 13.7 Å². The molecule has 0 saturated heterocycles. The number of para-hydroxylation sites is 15. The molecule has 0 fully saturated rings. The van der Waals surface area contributed by atoms with Crippen LogP contribution in [0.5, 0.6) is 0 Å². The zero-order valence-electron chi connectivity index (χ0n) is 65.3. The third-order valence-electron chi connectivity index (χ3n) is 23.2. The molecule has 9 heteroatoms. The highest BCUT2D eigenvalue weighted by Crippen LogP contribution is 2.42. The fourth-order valence-corrected chi connectivity index (χ4v) is 17.7. The second-order valence-electron chi connectivity index (χ2n) is 30.3. The van der Waals surface area contributed by atoms with E-state index >= 15 is 0 Å². The standard InChI is InChI=1S/3C37H25N3/c1-3-14-29(15-4-1)39-34-20-9-7-18-31(34)32-23-22-27(25-36(32)39)26-12-11-13-28(24-26)37-38-33-19-8-10-21-35(33)40(37)30-16-5-2-6-17-30;1-3-11-29(12-4-1)39-34-17-9-7-15-31(34)32-24-23-28(25-36(32)39)26-19-21-27(22-20-26)37-38-33-16-8-10-18-35(33)40(37)30-13-5-2-6-14-30;1-2-12-29(13-3-1)40-36-20-9-6-17-33(36)38-37(40)27-23-21-26(22-24-27)28-11-10-14-30(25-28)39-34-18-7-4-15-31(34)32-16-5-8-19-35(32)39/h3*1-25H. The molecule has 9 nitrogen and oxygen atoms in total. The minimum atomic E-state index is 0.939. The Morgan fingerprint density at radius 2 is 0.358 bits per heavy atom. The molecule has 0 amide bonds. The van der Waals surface area contributed by atoms with Crippen LogP contribution >= 0.6 is 0 Å². The quantitative estimate of drug-likeness (QED) is 0.122. The lowest BCUT2D eigenvalue weighted by Crippen LogP contribution is -1.97. The van der Waals surface area contributed by atoms with E-state index in [0.29, 0.717) is 0 Å². The lowest BCUT2D eigenvalue weighted by atomic mass is 10.0. The van der Waals surface area contributed by atoms with Gasteiger partial charge in [0.2, 0.25) is 0 Å². The Morgan fingerprint density at radius 1 is 0.125 bits per heavy atom. The molecule has 0 unspecified atom stereocenters. The Balaban J connectivity index is 0.000000108. The van der Waals surface area contributed by atoms with E-state index in [2.05, 4.69) is 446 Å². The molecule has 0 aliphatic carbocycles. The maximum Gasteiger partial charge on any atom is 0.145 e. The maximum absolute atomic E-state index is 5.09. The van der Waals surface area contributed by atoms with Crippen molar-refractivity contribution in [1.82, 2.24) is 42.4 Å². The second-order valence-corrected chi connectivity index (χ2v) is 30.3. The highest BCUT2D eigenvalue weighted by atomic mass is 15.1. The van der Waals surface area contributed by atoms with Gasteiger partial charge in [-0.05, 0) is 185 Å². The van der Waals surface area contributed by atoms with Gasteiger partial charge in [0.1, 0.15) is 17.5 Å². The largest absolute Gasteiger partial charge is 0.309 e. The number of fused-ring (bicyclic) bond motifs is 12. The van der Waals surface area contributed by atoms with E-state index in [1.54, 1.807) is 0 Å². The first-order valence-corrected chi connectivity index (χ1v) is 40.7. The van der Waals surface area contributed by atoms with Gasteiger partial charge >= 0.3 is 0 Å². The van der Waals surface area contributed by atoms with Crippen LogP contribution in [0.25, 0.3) is 200 Å². The minimum absolute atomic E-state index is 0.939. The molecule has 0 radical (unpaired) electrons. The molecule has 6 heterocycles. The molecule has 24 aromatic rings. The van der Waals surface area contributed by atoms with Crippen LogP contribution in [0.3, 0.4) is 0 Å². The van der Waals surface area contributed by atoms with Crippen molar-refractivity contribution in [2.75, 3.05) is 0 Å². The number of hydrogen-bond acceptors (Lipinski definition) is 3. The highest BCUT2D eigenvalue weighted by molar-refractivity contribution is 6.12. The Bertz CT molecular complexity index is 7880. The lowest BCUT2D eigenvalue weighted by Gasteiger charge is -2.12. The van der Waals surface area contributed by atoms with Crippen molar-refractivity contribution >= 4 is 98.5 Å². The van der Waals surface area contributed by atoms with Crippen LogP contribution in [0.4, 0.5) is 0 Å². The molecule has 6 aromatic heterocycles. The molecule has 564 valence electrons. The molecule has 18 aromatic carbocycles.